The van der Waals surface area contributed by atoms with E-state index in [1.165, 1.54) is 114 Å². The molecule has 242 valence electrons. The Morgan fingerprint density at radius 3 is 1.42 bits per heavy atom. The van der Waals surface area contributed by atoms with Gasteiger partial charge in [-0.05, 0) is 133 Å². The van der Waals surface area contributed by atoms with Crippen LogP contribution in [0.25, 0.3) is 130 Å². The molecule has 0 spiro atoms. The van der Waals surface area contributed by atoms with Gasteiger partial charge in [0.05, 0.1) is 0 Å². The van der Waals surface area contributed by atoms with Crippen molar-refractivity contribution in [2.45, 2.75) is 0 Å². The Morgan fingerprint density at radius 2 is 0.755 bits per heavy atom. The molecule has 0 atom stereocenters. The van der Waals surface area contributed by atoms with Crippen LogP contribution in [0.3, 0.4) is 0 Å². The minimum atomic E-state index is 0.916. The third kappa shape index (κ3) is 3.66. The zero-order valence-electron chi connectivity index (χ0n) is 28.6. The van der Waals surface area contributed by atoms with Crippen LogP contribution in [-0.4, -0.2) is 0 Å². The lowest BCUT2D eigenvalue weighted by atomic mass is 9.86. The van der Waals surface area contributed by atoms with E-state index >= 15 is 0 Å². The van der Waals surface area contributed by atoms with E-state index in [9.17, 15) is 0 Å². The van der Waals surface area contributed by atoms with Gasteiger partial charge < -0.3 is 4.42 Å². The largest absolute Gasteiger partial charge is 0.456 e. The maximum atomic E-state index is 6.79. The highest BCUT2D eigenvalue weighted by Gasteiger charge is 2.20. The first kappa shape index (κ1) is 27.7. The average Bonchev–Trinajstić information content (AvgIpc) is 3.57. The normalized spacial score (nSPS) is 12.5. The van der Waals surface area contributed by atoms with E-state index in [1.807, 2.05) is 0 Å². The fraction of sp³-hybridized carbons (Fsp3) is 0. The van der Waals surface area contributed by atoms with Crippen molar-refractivity contribution in [2.75, 3.05) is 0 Å². The van der Waals surface area contributed by atoms with Crippen LogP contribution in [0.4, 0.5) is 0 Å². The van der Waals surface area contributed by atoms with Crippen LogP contribution in [-0.2, 0) is 0 Å². The van der Waals surface area contributed by atoms with E-state index in [0.717, 1.165) is 16.6 Å². The fourth-order valence-electron chi connectivity index (χ4n) is 9.72. The van der Waals surface area contributed by atoms with Gasteiger partial charge in [0.1, 0.15) is 11.2 Å². The molecule has 0 N–H and O–H groups in total. The number of hydrogen-bond donors (Lipinski definition) is 0. The lowest BCUT2D eigenvalue weighted by molar-refractivity contribution is 0.670. The second-order valence-electron chi connectivity index (χ2n) is 14.8. The molecule has 13 rings (SSSR count). The molecule has 12 aromatic carbocycles. The van der Waals surface area contributed by atoms with Gasteiger partial charge in [0.15, 0.2) is 0 Å². The van der Waals surface area contributed by atoms with Crippen molar-refractivity contribution in [3.05, 3.63) is 170 Å². The Hall–Kier alpha value is -6.96. The molecule has 0 unspecified atom stereocenters. The Kier molecular flexibility index (Phi) is 5.17. The molecule has 0 saturated heterocycles. The summed E-state index contributed by atoms with van der Waals surface area (Å²) in [6.45, 7) is 0. The minimum absolute atomic E-state index is 0.916. The summed E-state index contributed by atoms with van der Waals surface area (Å²) < 4.78 is 6.79. The number of fused-ring (bicyclic) bond motifs is 6. The second-order valence-corrected chi connectivity index (χ2v) is 14.8. The minimum Gasteiger partial charge on any atom is -0.456 e. The number of hydrogen-bond acceptors (Lipinski definition) is 1. The summed E-state index contributed by atoms with van der Waals surface area (Å²) in [5.41, 5.74) is 6.71. The van der Waals surface area contributed by atoms with E-state index in [1.54, 1.807) is 0 Å². The Labute approximate surface area is 303 Å². The Balaban J connectivity index is 1.16. The van der Waals surface area contributed by atoms with Gasteiger partial charge in [0.25, 0.3) is 0 Å². The van der Waals surface area contributed by atoms with Crippen LogP contribution in [0.1, 0.15) is 0 Å². The predicted molar refractivity (Wildman–Crippen MR) is 227 cm³/mol. The summed E-state index contributed by atoms with van der Waals surface area (Å²) in [7, 11) is 0. The molecule has 1 nitrogen and oxygen atoms in total. The fourth-order valence-corrected chi connectivity index (χ4v) is 9.72. The van der Waals surface area contributed by atoms with Crippen LogP contribution >= 0.6 is 0 Å². The molecule has 0 bridgehead atoms. The van der Waals surface area contributed by atoms with Gasteiger partial charge in [0, 0.05) is 10.8 Å². The smallest absolute Gasteiger partial charge is 0.136 e. The van der Waals surface area contributed by atoms with E-state index in [-0.39, 0.29) is 0 Å². The lowest BCUT2D eigenvalue weighted by Crippen LogP contribution is -1.90. The Bertz CT molecular complexity index is 3640. The third-order valence-corrected chi connectivity index (χ3v) is 12.1. The van der Waals surface area contributed by atoms with Gasteiger partial charge in [-0.25, -0.2) is 0 Å². The lowest BCUT2D eigenvalue weighted by Gasteiger charge is -2.17. The van der Waals surface area contributed by atoms with Crippen LogP contribution in [0.5, 0.6) is 0 Å². The summed E-state index contributed by atoms with van der Waals surface area (Å²) in [6, 6.07) is 63.3. The van der Waals surface area contributed by atoms with Crippen LogP contribution in [0.15, 0.2) is 174 Å². The maximum Gasteiger partial charge on any atom is 0.136 e. The van der Waals surface area contributed by atoms with Gasteiger partial charge in [0.2, 0.25) is 0 Å². The highest BCUT2D eigenvalue weighted by molar-refractivity contribution is 6.30. The van der Waals surface area contributed by atoms with Crippen molar-refractivity contribution in [1.82, 2.24) is 0 Å². The molecular weight excluding hydrogens is 641 g/mol. The maximum absolute atomic E-state index is 6.79. The van der Waals surface area contributed by atoms with Crippen molar-refractivity contribution in [2.24, 2.45) is 0 Å². The number of rotatable bonds is 2. The van der Waals surface area contributed by atoms with Gasteiger partial charge >= 0.3 is 0 Å². The van der Waals surface area contributed by atoms with Gasteiger partial charge in [-0.1, -0.05) is 146 Å². The second kappa shape index (κ2) is 9.88. The SMILES string of the molecule is c1ccc2cc3c(cc2c1)oc1cc(-c2ccc4ccc5cccc6ccc2c4c56)c2cc(-c4ccc5ccc6cccc7ccc4c5c67)ccc2c13. The summed E-state index contributed by atoms with van der Waals surface area (Å²) in [4.78, 5) is 0. The third-order valence-electron chi connectivity index (χ3n) is 12.1. The number of furan rings is 1. The number of benzene rings is 12. The van der Waals surface area contributed by atoms with Crippen molar-refractivity contribution >= 4 is 108 Å². The van der Waals surface area contributed by atoms with E-state index in [4.69, 9.17) is 4.42 Å². The van der Waals surface area contributed by atoms with E-state index < -0.39 is 0 Å². The van der Waals surface area contributed by atoms with Crippen molar-refractivity contribution in [1.29, 1.82) is 0 Å². The first-order chi connectivity index (χ1) is 26.2. The Morgan fingerprint density at radius 1 is 0.245 bits per heavy atom. The molecular formula is C52H28O. The molecule has 0 aliphatic rings. The van der Waals surface area contributed by atoms with Crippen LogP contribution in [0.2, 0.25) is 0 Å². The molecule has 1 aromatic heterocycles. The van der Waals surface area contributed by atoms with Gasteiger partial charge in [-0.2, -0.15) is 0 Å². The van der Waals surface area contributed by atoms with Crippen molar-refractivity contribution in [3.8, 4) is 22.3 Å². The average molecular weight is 669 g/mol. The standard InChI is InChI=1S/C52H28O/c1-2-6-36-27-46-45(25-35(36)5-1)52-42-24-19-37(38-20-15-33-13-11-29-7-3-9-31-17-22-40(38)50(33)48(29)31)26-43(42)44(28-47(52)53-46)39-21-16-34-14-12-30-8-4-10-32-18-23-41(39)51(34)49(30)32/h1-28H. The highest BCUT2D eigenvalue weighted by atomic mass is 16.3. The highest BCUT2D eigenvalue weighted by Crippen LogP contribution is 2.47. The zero-order valence-corrected chi connectivity index (χ0v) is 28.6. The van der Waals surface area contributed by atoms with Crippen LogP contribution < -0.4 is 0 Å². The molecule has 0 amide bonds. The van der Waals surface area contributed by atoms with E-state index in [2.05, 4.69) is 170 Å². The quantitative estimate of drug-likeness (QED) is 0.167. The molecule has 13 aromatic rings. The van der Waals surface area contributed by atoms with Crippen molar-refractivity contribution < 1.29 is 4.42 Å². The predicted octanol–water partition coefficient (Wildman–Crippen LogP) is 15.0. The summed E-state index contributed by atoms with van der Waals surface area (Å²) >= 11 is 0. The molecule has 1 heteroatoms. The topological polar surface area (TPSA) is 13.1 Å². The van der Waals surface area contributed by atoms with Gasteiger partial charge in [-0.15, -0.1) is 0 Å². The first-order valence-corrected chi connectivity index (χ1v) is 18.4. The summed E-state index contributed by atoms with van der Waals surface area (Å²) in [6.07, 6.45) is 0. The van der Waals surface area contributed by atoms with Gasteiger partial charge in [-0.3, -0.25) is 0 Å². The molecule has 0 fully saturated rings. The summed E-state index contributed by atoms with van der Waals surface area (Å²) in [5.74, 6) is 0. The molecule has 0 aliphatic heterocycles. The molecule has 53 heavy (non-hydrogen) atoms. The van der Waals surface area contributed by atoms with Crippen LogP contribution in [0, 0.1) is 0 Å². The first-order valence-electron chi connectivity index (χ1n) is 18.4. The molecule has 0 radical (unpaired) electrons. The molecule has 1 heterocycles. The van der Waals surface area contributed by atoms with Crippen molar-refractivity contribution in [3.63, 3.8) is 0 Å². The molecule has 0 aliphatic carbocycles. The zero-order chi connectivity index (χ0) is 34.4. The monoisotopic (exact) mass is 668 g/mol. The molecule has 0 saturated carbocycles. The summed E-state index contributed by atoms with van der Waals surface area (Å²) in [5, 5.41) is 22.7. The van der Waals surface area contributed by atoms with E-state index in [0.29, 0.717) is 0 Å².